The summed E-state index contributed by atoms with van der Waals surface area (Å²) in [5, 5.41) is 11.5. The van der Waals surface area contributed by atoms with E-state index in [-0.39, 0.29) is 16.9 Å². The van der Waals surface area contributed by atoms with Crippen LogP contribution in [0.4, 0.5) is 5.69 Å². The minimum Gasteiger partial charge on any atom is -0.506 e. The maximum Gasteiger partial charge on any atom is 0.300 e. The Kier molecular flexibility index (Phi) is 6.51. The van der Waals surface area contributed by atoms with Crippen molar-refractivity contribution in [3.8, 4) is 17.2 Å². The minimum absolute atomic E-state index is 0.0655. The van der Waals surface area contributed by atoms with Gasteiger partial charge in [-0.1, -0.05) is 24.3 Å². The predicted molar refractivity (Wildman–Crippen MR) is 133 cm³/mol. The number of anilines is 1. The van der Waals surface area contributed by atoms with Crippen LogP contribution in [-0.4, -0.2) is 38.1 Å². The summed E-state index contributed by atoms with van der Waals surface area (Å²) in [5.41, 5.74) is 3.32. The summed E-state index contributed by atoms with van der Waals surface area (Å²) in [6.45, 7) is 3.91. The third kappa shape index (κ3) is 4.10. The number of carbonyl (C=O) groups is 2. The first-order chi connectivity index (χ1) is 16.8. The van der Waals surface area contributed by atoms with E-state index >= 15 is 0 Å². The third-order valence-electron chi connectivity index (χ3n) is 6.29. The topological polar surface area (TPSA) is 85.3 Å². The Hall–Kier alpha value is -4.26. The van der Waals surface area contributed by atoms with Crippen molar-refractivity contribution >= 4 is 23.1 Å². The second-order valence-corrected chi connectivity index (χ2v) is 8.25. The summed E-state index contributed by atoms with van der Waals surface area (Å²) in [5.74, 6) is -0.745. The van der Waals surface area contributed by atoms with Gasteiger partial charge in [-0.2, -0.15) is 0 Å². The summed E-state index contributed by atoms with van der Waals surface area (Å²) >= 11 is 0. The van der Waals surface area contributed by atoms with Gasteiger partial charge in [0.25, 0.3) is 11.7 Å². The van der Waals surface area contributed by atoms with Crippen molar-refractivity contribution in [3.63, 3.8) is 0 Å². The van der Waals surface area contributed by atoms with Gasteiger partial charge >= 0.3 is 0 Å². The molecule has 3 aromatic carbocycles. The van der Waals surface area contributed by atoms with Crippen LogP contribution in [0.15, 0.2) is 66.2 Å². The van der Waals surface area contributed by atoms with E-state index in [0.29, 0.717) is 28.5 Å². The molecule has 0 bridgehead atoms. The first-order valence-corrected chi connectivity index (χ1v) is 11.1. The lowest BCUT2D eigenvalue weighted by molar-refractivity contribution is -0.132. The molecule has 35 heavy (non-hydrogen) atoms. The lowest BCUT2D eigenvalue weighted by Gasteiger charge is -2.26. The van der Waals surface area contributed by atoms with Crippen molar-refractivity contribution in [2.24, 2.45) is 0 Å². The molecule has 0 aliphatic carbocycles. The number of ether oxygens (including phenoxy) is 3. The number of nitrogens with zero attached hydrogens (tertiary/aromatic N) is 1. The van der Waals surface area contributed by atoms with Gasteiger partial charge in [-0.25, -0.2) is 0 Å². The van der Waals surface area contributed by atoms with E-state index < -0.39 is 17.7 Å². The molecular weight excluding hydrogens is 446 g/mol. The molecule has 1 amide bonds. The largest absolute Gasteiger partial charge is 0.506 e. The molecule has 1 unspecified atom stereocenters. The van der Waals surface area contributed by atoms with Gasteiger partial charge in [0.2, 0.25) is 0 Å². The second kappa shape index (κ2) is 9.54. The van der Waals surface area contributed by atoms with Crippen LogP contribution >= 0.6 is 0 Å². The van der Waals surface area contributed by atoms with Crippen molar-refractivity contribution < 1.29 is 28.9 Å². The fraction of sp³-hybridized carbons (Fsp3) is 0.214. The lowest BCUT2D eigenvalue weighted by atomic mass is 9.94. The van der Waals surface area contributed by atoms with E-state index in [2.05, 4.69) is 0 Å². The molecule has 7 nitrogen and oxygen atoms in total. The van der Waals surface area contributed by atoms with E-state index in [4.69, 9.17) is 14.2 Å². The van der Waals surface area contributed by atoms with Crippen LogP contribution in [-0.2, 0) is 9.59 Å². The number of hydrogen-bond acceptors (Lipinski definition) is 6. The Morgan fingerprint density at radius 3 is 2.09 bits per heavy atom. The second-order valence-electron chi connectivity index (χ2n) is 8.25. The smallest absolute Gasteiger partial charge is 0.300 e. The van der Waals surface area contributed by atoms with Crippen LogP contribution in [0, 0.1) is 13.8 Å². The highest BCUT2D eigenvalue weighted by Crippen LogP contribution is 2.45. The predicted octanol–water partition coefficient (Wildman–Crippen LogP) is 4.96. The summed E-state index contributed by atoms with van der Waals surface area (Å²) in [4.78, 5) is 28.3. The monoisotopic (exact) mass is 473 g/mol. The summed E-state index contributed by atoms with van der Waals surface area (Å²) in [6, 6.07) is 16.8. The number of rotatable bonds is 6. The van der Waals surface area contributed by atoms with Gasteiger partial charge in [0, 0.05) is 5.69 Å². The first-order valence-electron chi connectivity index (χ1n) is 11.1. The number of aliphatic hydroxyl groups excluding tert-OH is 1. The third-order valence-corrected chi connectivity index (χ3v) is 6.29. The Balaban J connectivity index is 2.03. The minimum atomic E-state index is -0.901. The number of amides is 1. The number of benzene rings is 3. The fourth-order valence-corrected chi connectivity index (χ4v) is 4.32. The number of aliphatic hydroxyl groups is 1. The average molecular weight is 474 g/mol. The molecule has 7 heteroatoms. The van der Waals surface area contributed by atoms with E-state index in [0.717, 1.165) is 11.1 Å². The normalized spacial score (nSPS) is 16.9. The molecular formula is C28H27NO6. The Morgan fingerprint density at radius 2 is 1.49 bits per heavy atom. The highest BCUT2D eigenvalue weighted by atomic mass is 16.5. The quantitative estimate of drug-likeness (QED) is 0.310. The van der Waals surface area contributed by atoms with Gasteiger partial charge in [-0.3, -0.25) is 14.5 Å². The molecule has 1 saturated heterocycles. The van der Waals surface area contributed by atoms with Crippen LogP contribution in [0.25, 0.3) is 5.76 Å². The van der Waals surface area contributed by atoms with Crippen LogP contribution in [0.5, 0.6) is 17.2 Å². The Labute approximate surface area is 204 Å². The highest BCUT2D eigenvalue weighted by Gasteiger charge is 2.47. The number of hydrogen-bond donors (Lipinski definition) is 1. The van der Waals surface area contributed by atoms with Crippen molar-refractivity contribution in [1.29, 1.82) is 0 Å². The van der Waals surface area contributed by atoms with Gasteiger partial charge in [0.05, 0.1) is 32.9 Å². The number of Topliss-reactive ketones (excluding diaryl/α,β-unsaturated/α-hetero) is 1. The number of carbonyl (C=O) groups excluding carboxylic acids is 2. The zero-order valence-electron chi connectivity index (χ0n) is 20.3. The molecule has 1 heterocycles. The molecule has 1 atom stereocenters. The molecule has 0 saturated carbocycles. The summed E-state index contributed by atoms with van der Waals surface area (Å²) < 4.78 is 16.3. The average Bonchev–Trinajstić information content (AvgIpc) is 3.15. The summed E-state index contributed by atoms with van der Waals surface area (Å²) in [7, 11) is 4.45. The van der Waals surface area contributed by atoms with E-state index in [9.17, 15) is 14.7 Å². The highest BCUT2D eigenvalue weighted by molar-refractivity contribution is 6.51. The Morgan fingerprint density at radius 1 is 0.829 bits per heavy atom. The SMILES string of the molecule is COc1cccc(C2/C(=C(\O)c3c(OC)cccc3OC)C(=O)C(=O)N2c2ccc(C)c(C)c2)c1. The van der Waals surface area contributed by atoms with Crippen molar-refractivity contribution in [2.75, 3.05) is 26.2 Å². The zero-order valence-corrected chi connectivity index (χ0v) is 20.3. The van der Waals surface area contributed by atoms with Crippen LogP contribution in [0.3, 0.4) is 0 Å². The standard InChI is InChI=1S/C28H27NO6/c1-16-12-13-19(14-17(16)2)29-25(18-8-6-9-20(15-18)33-3)24(27(31)28(29)32)26(30)23-21(34-4)10-7-11-22(23)35-5/h6-15,25,30H,1-5H3/b26-24+. The molecule has 180 valence electrons. The maximum atomic E-state index is 13.5. The number of ketones is 1. The number of aryl methyl sites for hydroxylation is 2. The fourth-order valence-electron chi connectivity index (χ4n) is 4.32. The van der Waals surface area contributed by atoms with Crippen molar-refractivity contribution in [3.05, 3.63) is 88.5 Å². The molecule has 1 aliphatic heterocycles. The van der Waals surface area contributed by atoms with Crippen LogP contribution < -0.4 is 19.1 Å². The molecule has 3 aromatic rings. The summed E-state index contributed by atoms with van der Waals surface area (Å²) in [6.07, 6.45) is 0. The van der Waals surface area contributed by atoms with Crippen LogP contribution in [0.2, 0.25) is 0 Å². The first kappa shape index (κ1) is 23.9. The van der Waals surface area contributed by atoms with E-state index in [1.54, 1.807) is 55.6 Å². The van der Waals surface area contributed by atoms with E-state index in [1.807, 2.05) is 26.0 Å². The molecule has 1 aliphatic rings. The molecule has 1 N–H and O–H groups in total. The Bertz CT molecular complexity index is 1320. The van der Waals surface area contributed by atoms with Crippen LogP contribution in [0.1, 0.15) is 28.3 Å². The van der Waals surface area contributed by atoms with E-state index in [1.165, 1.54) is 19.1 Å². The van der Waals surface area contributed by atoms with Crippen molar-refractivity contribution in [2.45, 2.75) is 19.9 Å². The van der Waals surface area contributed by atoms with Crippen molar-refractivity contribution in [1.82, 2.24) is 0 Å². The molecule has 0 spiro atoms. The van der Waals surface area contributed by atoms with Gasteiger partial charge in [0.15, 0.2) is 0 Å². The van der Waals surface area contributed by atoms with Gasteiger partial charge in [0.1, 0.15) is 28.6 Å². The number of methoxy groups -OCH3 is 3. The molecule has 0 aromatic heterocycles. The molecule has 4 rings (SSSR count). The molecule has 1 fully saturated rings. The molecule has 0 radical (unpaired) electrons. The van der Waals surface area contributed by atoms with Gasteiger partial charge in [-0.15, -0.1) is 0 Å². The lowest BCUT2D eigenvalue weighted by Crippen LogP contribution is -2.29. The maximum absolute atomic E-state index is 13.5. The zero-order chi connectivity index (χ0) is 25.3. The van der Waals surface area contributed by atoms with Gasteiger partial charge in [-0.05, 0) is 66.9 Å². The van der Waals surface area contributed by atoms with Gasteiger partial charge < -0.3 is 19.3 Å².